The van der Waals surface area contributed by atoms with E-state index in [-0.39, 0.29) is 12.4 Å². The van der Waals surface area contributed by atoms with Crippen molar-refractivity contribution >= 4 is 11.6 Å². The average Bonchev–Trinajstić information content (AvgIpc) is 2.46. The Balaban J connectivity index is 2.10. The van der Waals surface area contributed by atoms with Gasteiger partial charge in [0.15, 0.2) is 0 Å². The Hall–Kier alpha value is -1.74. The van der Waals surface area contributed by atoms with Gasteiger partial charge in [0, 0.05) is 17.2 Å². The van der Waals surface area contributed by atoms with E-state index in [1.807, 2.05) is 24.3 Å². The Kier molecular flexibility index (Phi) is 4.63. The third-order valence-electron chi connectivity index (χ3n) is 2.76. The SMILES string of the molecule is COc1ccc(COc2ccccc2CCl)c(F)c1. The number of halogens is 2. The molecule has 0 unspecified atom stereocenters. The lowest BCUT2D eigenvalue weighted by Crippen LogP contribution is -2.00. The number of alkyl halides is 1. The summed E-state index contributed by atoms with van der Waals surface area (Å²) < 4.78 is 24.3. The molecule has 0 aliphatic carbocycles. The van der Waals surface area contributed by atoms with Crippen molar-refractivity contribution in [3.8, 4) is 11.5 Å². The molecule has 0 aromatic heterocycles. The molecule has 0 spiro atoms. The third kappa shape index (κ3) is 3.38. The summed E-state index contributed by atoms with van der Waals surface area (Å²) in [6.07, 6.45) is 0. The van der Waals surface area contributed by atoms with Gasteiger partial charge in [-0.05, 0) is 18.2 Å². The highest BCUT2D eigenvalue weighted by molar-refractivity contribution is 6.17. The van der Waals surface area contributed by atoms with Crippen molar-refractivity contribution in [2.75, 3.05) is 7.11 Å². The Morgan fingerprint density at radius 3 is 2.58 bits per heavy atom. The van der Waals surface area contributed by atoms with Crippen LogP contribution in [0.1, 0.15) is 11.1 Å². The highest BCUT2D eigenvalue weighted by atomic mass is 35.5. The molecule has 0 amide bonds. The molecule has 2 nitrogen and oxygen atoms in total. The van der Waals surface area contributed by atoms with Crippen molar-refractivity contribution in [1.29, 1.82) is 0 Å². The molecule has 19 heavy (non-hydrogen) atoms. The van der Waals surface area contributed by atoms with Crippen LogP contribution in [-0.2, 0) is 12.5 Å². The van der Waals surface area contributed by atoms with Crippen LogP contribution in [0.2, 0.25) is 0 Å². The second-order valence-corrected chi connectivity index (χ2v) is 4.25. The van der Waals surface area contributed by atoms with Gasteiger partial charge in [0.1, 0.15) is 23.9 Å². The molecule has 2 rings (SSSR count). The Labute approximate surface area is 116 Å². The number of hydrogen-bond acceptors (Lipinski definition) is 2. The van der Waals surface area contributed by atoms with Crippen LogP contribution >= 0.6 is 11.6 Å². The van der Waals surface area contributed by atoms with Crippen LogP contribution in [-0.4, -0.2) is 7.11 Å². The Morgan fingerprint density at radius 2 is 1.89 bits per heavy atom. The Bertz CT molecular complexity index is 558. The van der Waals surface area contributed by atoms with E-state index in [4.69, 9.17) is 21.1 Å². The zero-order valence-electron chi connectivity index (χ0n) is 10.5. The molecule has 4 heteroatoms. The van der Waals surface area contributed by atoms with E-state index < -0.39 is 0 Å². The molecule has 0 N–H and O–H groups in total. The summed E-state index contributed by atoms with van der Waals surface area (Å²) in [4.78, 5) is 0. The van der Waals surface area contributed by atoms with Crippen LogP contribution < -0.4 is 9.47 Å². The van der Waals surface area contributed by atoms with Gasteiger partial charge in [0.2, 0.25) is 0 Å². The molecule has 0 fully saturated rings. The lowest BCUT2D eigenvalue weighted by molar-refractivity contribution is 0.297. The van der Waals surface area contributed by atoms with Gasteiger partial charge in [-0.1, -0.05) is 18.2 Å². The minimum Gasteiger partial charge on any atom is -0.497 e. The maximum Gasteiger partial charge on any atom is 0.133 e. The number of ether oxygens (including phenoxy) is 2. The van der Waals surface area contributed by atoms with E-state index in [9.17, 15) is 4.39 Å². The van der Waals surface area contributed by atoms with E-state index in [0.717, 1.165) is 5.56 Å². The molecule has 0 saturated heterocycles. The summed E-state index contributed by atoms with van der Waals surface area (Å²) in [6, 6.07) is 12.1. The fourth-order valence-corrected chi connectivity index (χ4v) is 1.90. The summed E-state index contributed by atoms with van der Waals surface area (Å²) in [6.45, 7) is 0.156. The van der Waals surface area contributed by atoms with Crippen molar-refractivity contribution in [2.45, 2.75) is 12.5 Å². The number of para-hydroxylation sites is 1. The minimum absolute atomic E-state index is 0.156. The van der Waals surface area contributed by atoms with Gasteiger partial charge in [-0.15, -0.1) is 11.6 Å². The molecule has 100 valence electrons. The van der Waals surface area contributed by atoms with Gasteiger partial charge in [-0.2, -0.15) is 0 Å². The molecule has 2 aromatic carbocycles. The van der Waals surface area contributed by atoms with Crippen LogP contribution in [0.3, 0.4) is 0 Å². The van der Waals surface area contributed by atoms with Crippen LogP contribution in [0, 0.1) is 5.82 Å². The normalized spacial score (nSPS) is 10.3. The molecule has 2 aromatic rings. The summed E-state index contributed by atoms with van der Waals surface area (Å²) in [5, 5.41) is 0. The summed E-state index contributed by atoms with van der Waals surface area (Å²) in [7, 11) is 1.50. The van der Waals surface area contributed by atoms with Crippen LogP contribution in [0.15, 0.2) is 42.5 Å². The summed E-state index contributed by atoms with van der Waals surface area (Å²) in [5.41, 5.74) is 1.36. The first-order valence-electron chi connectivity index (χ1n) is 5.83. The number of methoxy groups -OCH3 is 1. The fourth-order valence-electron chi connectivity index (χ4n) is 1.68. The maximum absolute atomic E-state index is 13.7. The van der Waals surface area contributed by atoms with Crippen LogP contribution in [0.4, 0.5) is 4.39 Å². The summed E-state index contributed by atoms with van der Waals surface area (Å²) in [5.74, 6) is 1.18. The molecule has 0 bridgehead atoms. The van der Waals surface area contributed by atoms with Gasteiger partial charge < -0.3 is 9.47 Å². The second-order valence-electron chi connectivity index (χ2n) is 3.99. The quantitative estimate of drug-likeness (QED) is 0.766. The van der Waals surface area contributed by atoms with Gasteiger partial charge in [0.05, 0.1) is 13.0 Å². The first-order chi connectivity index (χ1) is 9.24. The monoisotopic (exact) mass is 280 g/mol. The average molecular weight is 281 g/mol. The van der Waals surface area contributed by atoms with Gasteiger partial charge in [-0.3, -0.25) is 0 Å². The largest absolute Gasteiger partial charge is 0.497 e. The van der Waals surface area contributed by atoms with Crippen molar-refractivity contribution in [3.63, 3.8) is 0 Å². The highest BCUT2D eigenvalue weighted by Gasteiger charge is 2.07. The predicted octanol–water partition coefficient (Wildman–Crippen LogP) is 4.15. The van der Waals surface area contributed by atoms with Gasteiger partial charge in [0.25, 0.3) is 0 Å². The van der Waals surface area contributed by atoms with E-state index in [1.54, 1.807) is 12.1 Å². The number of hydrogen-bond donors (Lipinski definition) is 0. The molecule has 0 aliphatic heterocycles. The molecule has 0 radical (unpaired) electrons. The minimum atomic E-state index is -0.345. The summed E-state index contributed by atoms with van der Waals surface area (Å²) >= 11 is 5.81. The van der Waals surface area contributed by atoms with Gasteiger partial charge in [-0.25, -0.2) is 4.39 Å². The topological polar surface area (TPSA) is 18.5 Å². The number of rotatable bonds is 5. The second kappa shape index (κ2) is 6.43. The van der Waals surface area contributed by atoms with Crippen LogP contribution in [0.5, 0.6) is 11.5 Å². The Morgan fingerprint density at radius 1 is 1.11 bits per heavy atom. The molecule has 0 atom stereocenters. The fraction of sp³-hybridized carbons (Fsp3) is 0.200. The molecule has 0 aliphatic rings. The first kappa shape index (κ1) is 13.7. The standard InChI is InChI=1S/C15H14ClFO2/c1-18-13-7-6-12(14(17)8-13)10-19-15-5-3-2-4-11(15)9-16/h2-8H,9-10H2,1H3. The van der Waals surface area contributed by atoms with E-state index in [0.29, 0.717) is 22.9 Å². The predicted molar refractivity (Wildman–Crippen MR) is 73.3 cm³/mol. The smallest absolute Gasteiger partial charge is 0.133 e. The molecular formula is C15H14ClFO2. The van der Waals surface area contributed by atoms with Gasteiger partial charge >= 0.3 is 0 Å². The highest BCUT2D eigenvalue weighted by Crippen LogP contribution is 2.22. The van der Waals surface area contributed by atoms with Crippen molar-refractivity contribution in [2.24, 2.45) is 0 Å². The molecule has 0 saturated carbocycles. The first-order valence-corrected chi connectivity index (χ1v) is 6.37. The van der Waals surface area contributed by atoms with Crippen molar-refractivity contribution in [1.82, 2.24) is 0 Å². The molecule has 0 heterocycles. The van der Waals surface area contributed by atoms with E-state index in [2.05, 4.69) is 0 Å². The van der Waals surface area contributed by atoms with E-state index in [1.165, 1.54) is 13.2 Å². The zero-order chi connectivity index (χ0) is 13.7. The maximum atomic E-state index is 13.7. The van der Waals surface area contributed by atoms with Crippen LogP contribution in [0.25, 0.3) is 0 Å². The lowest BCUT2D eigenvalue weighted by atomic mass is 10.2. The van der Waals surface area contributed by atoms with Crippen molar-refractivity contribution in [3.05, 3.63) is 59.4 Å². The van der Waals surface area contributed by atoms with Crippen molar-refractivity contribution < 1.29 is 13.9 Å². The third-order valence-corrected chi connectivity index (χ3v) is 3.05. The lowest BCUT2D eigenvalue weighted by Gasteiger charge is -2.11. The van der Waals surface area contributed by atoms with E-state index >= 15 is 0 Å². The zero-order valence-corrected chi connectivity index (χ0v) is 11.3. The molecular weight excluding hydrogens is 267 g/mol. The number of benzene rings is 2.